The molecular weight excluding hydrogens is 212 g/mol. The number of allylic oxidation sites excluding steroid dienone is 1. The molecule has 1 aliphatic carbocycles. The van der Waals surface area contributed by atoms with E-state index in [4.69, 9.17) is 0 Å². The van der Waals surface area contributed by atoms with Gasteiger partial charge in [-0.15, -0.1) is 0 Å². The van der Waals surface area contributed by atoms with Crippen LogP contribution in [0.2, 0.25) is 0 Å². The summed E-state index contributed by atoms with van der Waals surface area (Å²) in [5, 5.41) is 20.5. The Morgan fingerprint density at radius 2 is 2.18 bits per heavy atom. The minimum absolute atomic E-state index is 0.00718. The Hall–Kier alpha value is -0.600. The van der Waals surface area contributed by atoms with Crippen LogP contribution in [0.25, 0.3) is 0 Å². The van der Waals surface area contributed by atoms with Crippen molar-refractivity contribution in [2.24, 2.45) is 11.3 Å². The Labute approximate surface area is 105 Å². The van der Waals surface area contributed by atoms with Crippen molar-refractivity contribution in [1.29, 1.82) is 0 Å². The summed E-state index contributed by atoms with van der Waals surface area (Å²) in [6.45, 7) is 10.3. The zero-order valence-electron chi connectivity index (χ0n) is 11.7. The predicted octanol–water partition coefficient (Wildman–Crippen LogP) is 3.06. The van der Waals surface area contributed by atoms with E-state index >= 15 is 0 Å². The summed E-state index contributed by atoms with van der Waals surface area (Å²) in [6, 6.07) is 0. The molecule has 2 N–H and O–H groups in total. The van der Waals surface area contributed by atoms with Crippen LogP contribution < -0.4 is 0 Å². The molecule has 0 fully saturated rings. The minimum atomic E-state index is -0.504. The highest BCUT2D eigenvalue weighted by Gasteiger charge is 2.42. The van der Waals surface area contributed by atoms with Crippen LogP contribution in [0.3, 0.4) is 0 Å². The quantitative estimate of drug-likeness (QED) is 0.742. The lowest BCUT2D eigenvalue weighted by Crippen LogP contribution is -2.44. The summed E-state index contributed by atoms with van der Waals surface area (Å²) in [4.78, 5) is 0. The summed E-state index contributed by atoms with van der Waals surface area (Å²) in [5.41, 5.74) is 2.11. The Bertz CT molecular complexity index is 326. The van der Waals surface area contributed by atoms with Crippen molar-refractivity contribution in [3.05, 3.63) is 23.3 Å². The van der Waals surface area contributed by atoms with E-state index in [0.29, 0.717) is 6.42 Å². The fraction of sp³-hybridized carbons (Fsp3) is 0.733. The van der Waals surface area contributed by atoms with Crippen molar-refractivity contribution >= 4 is 0 Å². The summed E-state index contributed by atoms with van der Waals surface area (Å²) in [5.74, 6) is 0.00718. The highest BCUT2D eigenvalue weighted by Crippen LogP contribution is 2.43. The second-order valence-corrected chi connectivity index (χ2v) is 5.86. The molecule has 0 heterocycles. The Morgan fingerprint density at radius 1 is 1.59 bits per heavy atom. The maximum atomic E-state index is 10.4. The lowest BCUT2D eigenvalue weighted by atomic mass is 9.64. The molecular formula is C15H26O2. The van der Waals surface area contributed by atoms with Gasteiger partial charge in [-0.05, 0) is 26.7 Å². The fourth-order valence-corrected chi connectivity index (χ4v) is 2.74. The van der Waals surface area contributed by atoms with Crippen molar-refractivity contribution in [2.75, 3.05) is 0 Å². The third-order valence-corrected chi connectivity index (χ3v) is 4.17. The third kappa shape index (κ3) is 2.99. The first-order valence-electron chi connectivity index (χ1n) is 6.50. The van der Waals surface area contributed by atoms with E-state index in [9.17, 15) is 10.2 Å². The van der Waals surface area contributed by atoms with Gasteiger partial charge in [-0.1, -0.05) is 44.1 Å². The summed E-state index contributed by atoms with van der Waals surface area (Å²) in [6.07, 6.45) is 4.76. The van der Waals surface area contributed by atoms with Gasteiger partial charge in [-0.2, -0.15) is 0 Å². The molecule has 17 heavy (non-hydrogen) atoms. The molecule has 2 nitrogen and oxygen atoms in total. The highest BCUT2D eigenvalue weighted by atomic mass is 16.3. The zero-order valence-corrected chi connectivity index (χ0v) is 11.7. The predicted molar refractivity (Wildman–Crippen MR) is 71.7 cm³/mol. The van der Waals surface area contributed by atoms with Gasteiger partial charge in [-0.25, -0.2) is 0 Å². The molecule has 3 unspecified atom stereocenters. The molecule has 0 radical (unpaired) electrons. The minimum Gasteiger partial charge on any atom is -0.392 e. The molecule has 0 amide bonds. The number of hydrogen-bond donors (Lipinski definition) is 2. The van der Waals surface area contributed by atoms with Crippen LogP contribution in [0.1, 0.15) is 47.5 Å². The average Bonchev–Trinajstić information content (AvgIpc) is 2.23. The van der Waals surface area contributed by atoms with Gasteiger partial charge >= 0.3 is 0 Å². The summed E-state index contributed by atoms with van der Waals surface area (Å²) >= 11 is 0. The second-order valence-electron chi connectivity index (χ2n) is 5.86. The maximum Gasteiger partial charge on any atom is 0.0794 e. The van der Waals surface area contributed by atoms with Crippen LogP contribution >= 0.6 is 0 Å². The van der Waals surface area contributed by atoms with E-state index in [1.54, 1.807) is 0 Å². The maximum absolute atomic E-state index is 10.4. The molecule has 0 aliphatic heterocycles. The number of aliphatic hydroxyl groups excluding tert-OH is 2. The van der Waals surface area contributed by atoms with Crippen LogP contribution in [0, 0.1) is 11.3 Å². The van der Waals surface area contributed by atoms with Gasteiger partial charge in [-0.3, -0.25) is 0 Å². The Kier molecular flexibility index (Phi) is 4.56. The molecule has 0 saturated heterocycles. The first-order valence-corrected chi connectivity index (χ1v) is 6.50. The van der Waals surface area contributed by atoms with Crippen LogP contribution in [0.5, 0.6) is 0 Å². The smallest absolute Gasteiger partial charge is 0.0794 e. The molecule has 1 aliphatic rings. The van der Waals surface area contributed by atoms with Crippen LogP contribution in [0.4, 0.5) is 0 Å². The number of hydrogen-bond acceptors (Lipinski definition) is 2. The van der Waals surface area contributed by atoms with E-state index < -0.39 is 6.10 Å². The van der Waals surface area contributed by atoms with Crippen molar-refractivity contribution in [1.82, 2.24) is 0 Å². The van der Waals surface area contributed by atoms with Gasteiger partial charge in [0.05, 0.1) is 12.2 Å². The van der Waals surface area contributed by atoms with Crippen molar-refractivity contribution < 1.29 is 10.2 Å². The number of aliphatic hydroxyl groups is 2. The topological polar surface area (TPSA) is 40.5 Å². The SMILES string of the molecule is CCC(C)=CC(O)C1C(C)=CCC(O)C1(C)C. The molecule has 1 rings (SSSR count). The molecule has 2 heteroatoms. The first kappa shape index (κ1) is 14.5. The average molecular weight is 238 g/mol. The van der Waals surface area contributed by atoms with E-state index in [-0.39, 0.29) is 17.4 Å². The molecule has 0 aromatic rings. The summed E-state index contributed by atoms with van der Waals surface area (Å²) in [7, 11) is 0. The molecule has 0 saturated carbocycles. The van der Waals surface area contributed by atoms with Gasteiger partial charge in [0, 0.05) is 11.3 Å². The van der Waals surface area contributed by atoms with Gasteiger partial charge in [0.25, 0.3) is 0 Å². The molecule has 0 spiro atoms. The van der Waals surface area contributed by atoms with Crippen LogP contribution in [-0.2, 0) is 0 Å². The van der Waals surface area contributed by atoms with E-state index in [2.05, 4.69) is 19.9 Å². The van der Waals surface area contributed by atoms with Gasteiger partial charge in [0.1, 0.15) is 0 Å². The van der Waals surface area contributed by atoms with Gasteiger partial charge < -0.3 is 10.2 Å². The second kappa shape index (κ2) is 5.36. The van der Waals surface area contributed by atoms with Crippen molar-refractivity contribution in [3.63, 3.8) is 0 Å². The molecule has 0 aromatic heterocycles. The third-order valence-electron chi connectivity index (χ3n) is 4.17. The monoisotopic (exact) mass is 238 g/mol. The fourth-order valence-electron chi connectivity index (χ4n) is 2.74. The normalized spacial score (nSPS) is 31.0. The summed E-state index contributed by atoms with van der Waals surface area (Å²) < 4.78 is 0. The van der Waals surface area contributed by atoms with E-state index in [0.717, 1.165) is 6.42 Å². The Balaban J connectivity index is 3.01. The Morgan fingerprint density at radius 3 is 2.71 bits per heavy atom. The van der Waals surface area contributed by atoms with Crippen molar-refractivity contribution in [2.45, 2.75) is 59.7 Å². The number of rotatable bonds is 3. The zero-order chi connectivity index (χ0) is 13.2. The largest absolute Gasteiger partial charge is 0.392 e. The molecule has 98 valence electrons. The van der Waals surface area contributed by atoms with E-state index in [1.165, 1.54) is 11.1 Å². The highest BCUT2D eigenvalue weighted by molar-refractivity contribution is 5.20. The first-order chi connectivity index (χ1) is 7.80. The van der Waals surface area contributed by atoms with E-state index in [1.807, 2.05) is 26.8 Å². The molecule has 0 aromatic carbocycles. The lowest BCUT2D eigenvalue weighted by molar-refractivity contribution is -0.0248. The van der Waals surface area contributed by atoms with Gasteiger partial charge in [0.2, 0.25) is 0 Å². The molecule has 0 bridgehead atoms. The molecule has 3 atom stereocenters. The van der Waals surface area contributed by atoms with Gasteiger partial charge in [0.15, 0.2) is 0 Å². The standard InChI is InChI=1S/C15H26O2/c1-6-10(2)9-12(16)14-11(3)7-8-13(17)15(14,4)5/h7,9,12-14,16-17H,6,8H2,1-5H3. The van der Waals surface area contributed by atoms with Crippen LogP contribution in [0.15, 0.2) is 23.3 Å². The van der Waals surface area contributed by atoms with Crippen LogP contribution in [-0.4, -0.2) is 22.4 Å². The van der Waals surface area contributed by atoms with Crippen molar-refractivity contribution in [3.8, 4) is 0 Å². The lowest BCUT2D eigenvalue weighted by Gasteiger charge is -2.44.